The lowest BCUT2D eigenvalue weighted by Gasteiger charge is -2.32. The molecule has 0 saturated carbocycles. The van der Waals surface area contributed by atoms with Gasteiger partial charge in [0.2, 0.25) is 6.29 Å². The average Bonchev–Trinajstić information content (AvgIpc) is 2.43. The minimum absolute atomic E-state index is 0.133. The lowest BCUT2D eigenvalue weighted by Crippen LogP contribution is -2.41. The van der Waals surface area contributed by atoms with Gasteiger partial charge in [0.1, 0.15) is 10.5 Å². The largest absolute Gasteiger partial charge is 0.400 e. The lowest BCUT2D eigenvalue weighted by molar-refractivity contribution is -0.292. The lowest BCUT2D eigenvalue weighted by atomic mass is 10.3. The van der Waals surface area contributed by atoms with E-state index in [0.29, 0.717) is 10.5 Å². The van der Waals surface area contributed by atoms with Crippen molar-refractivity contribution in [1.29, 1.82) is 0 Å². The monoisotopic (exact) mass is 292 g/mol. The van der Waals surface area contributed by atoms with E-state index < -0.39 is 12.6 Å². The molecule has 4 nitrogen and oxygen atoms in total. The van der Waals surface area contributed by atoms with Gasteiger partial charge in [0.05, 0.1) is 18.3 Å². The molecular weight excluding hydrogens is 260 g/mol. The first-order valence-corrected chi connectivity index (χ1v) is 8.29. The molecule has 0 aliphatic rings. The van der Waals surface area contributed by atoms with Crippen LogP contribution in [-0.2, 0) is 18.6 Å². The van der Waals surface area contributed by atoms with Crippen molar-refractivity contribution in [2.24, 2.45) is 0 Å². The molecule has 0 fully saturated rings. The first-order chi connectivity index (χ1) is 8.98. The maximum absolute atomic E-state index is 5.92. The van der Waals surface area contributed by atoms with Gasteiger partial charge in [-0.25, -0.2) is 0 Å². The highest BCUT2D eigenvalue weighted by atomic mass is 28.2. The van der Waals surface area contributed by atoms with E-state index in [4.69, 9.17) is 18.6 Å². The van der Waals surface area contributed by atoms with Crippen LogP contribution in [0.1, 0.15) is 60.8 Å². The molecule has 116 valence electrons. The van der Waals surface area contributed by atoms with Crippen molar-refractivity contribution in [3.63, 3.8) is 0 Å². The van der Waals surface area contributed by atoms with Gasteiger partial charge in [-0.1, -0.05) is 20.8 Å². The maximum Gasteiger partial charge on any atom is 0.208 e. The molecule has 0 radical (unpaired) electrons. The molecule has 4 unspecified atom stereocenters. The Kier molecular flexibility index (Phi) is 10.8. The smallest absolute Gasteiger partial charge is 0.208 e. The Morgan fingerprint density at radius 3 is 1.26 bits per heavy atom. The van der Waals surface area contributed by atoms with Crippen LogP contribution in [0.15, 0.2) is 0 Å². The zero-order valence-electron chi connectivity index (χ0n) is 13.6. The minimum atomic E-state index is -0.448. The van der Waals surface area contributed by atoms with Crippen LogP contribution in [0.2, 0.25) is 0 Å². The highest BCUT2D eigenvalue weighted by Crippen LogP contribution is 2.17. The van der Waals surface area contributed by atoms with Crippen molar-refractivity contribution >= 4 is 10.5 Å². The van der Waals surface area contributed by atoms with Gasteiger partial charge in [-0.15, -0.1) is 0 Å². The molecule has 4 atom stereocenters. The Bertz CT molecular complexity index is 204. The van der Waals surface area contributed by atoms with E-state index in [0.717, 1.165) is 19.3 Å². The van der Waals surface area contributed by atoms with Gasteiger partial charge in [-0.2, -0.15) is 0 Å². The van der Waals surface area contributed by atoms with Gasteiger partial charge in [0, 0.05) is 0 Å². The van der Waals surface area contributed by atoms with E-state index in [1.165, 1.54) is 0 Å². The normalized spacial score (nSPS) is 19.9. The van der Waals surface area contributed by atoms with E-state index >= 15 is 0 Å². The molecule has 19 heavy (non-hydrogen) atoms. The second-order valence-electron chi connectivity index (χ2n) is 5.04. The van der Waals surface area contributed by atoms with Gasteiger partial charge >= 0.3 is 0 Å². The van der Waals surface area contributed by atoms with Crippen molar-refractivity contribution in [3.05, 3.63) is 0 Å². The second kappa shape index (κ2) is 10.8. The van der Waals surface area contributed by atoms with Crippen LogP contribution < -0.4 is 0 Å². The number of rotatable bonds is 11. The van der Waals surface area contributed by atoms with Crippen molar-refractivity contribution in [2.75, 3.05) is 0 Å². The second-order valence-corrected chi connectivity index (χ2v) is 5.51. The summed E-state index contributed by atoms with van der Waals surface area (Å²) in [5.41, 5.74) is 0. The van der Waals surface area contributed by atoms with Gasteiger partial charge in [0.15, 0.2) is 6.29 Å². The van der Waals surface area contributed by atoms with Gasteiger partial charge in [-0.05, 0) is 40.0 Å². The van der Waals surface area contributed by atoms with Crippen molar-refractivity contribution in [2.45, 2.75) is 91.7 Å². The summed E-state index contributed by atoms with van der Waals surface area (Å²) >= 11 is 0. The molecule has 0 aromatic rings. The van der Waals surface area contributed by atoms with Gasteiger partial charge in [-0.3, -0.25) is 0 Å². The van der Waals surface area contributed by atoms with E-state index in [1.807, 2.05) is 20.8 Å². The summed E-state index contributed by atoms with van der Waals surface area (Å²) in [6.45, 7) is 12.4. The maximum atomic E-state index is 5.92. The molecule has 0 rings (SSSR count). The fraction of sp³-hybridized carbons (Fsp3) is 1.00. The van der Waals surface area contributed by atoms with Gasteiger partial charge < -0.3 is 18.6 Å². The van der Waals surface area contributed by atoms with E-state index in [9.17, 15) is 0 Å². The molecule has 0 N–H and O–H groups in total. The van der Waals surface area contributed by atoms with Crippen LogP contribution in [0.25, 0.3) is 0 Å². The molecule has 0 aliphatic heterocycles. The minimum Gasteiger partial charge on any atom is -0.400 e. The number of hydrogen-bond donors (Lipinski definition) is 0. The molecule has 0 aromatic carbocycles. The van der Waals surface area contributed by atoms with E-state index in [1.54, 1.807) is 0 Å². The Morgan fingerprint density at radius 1 is 0.684 bits per heavy atom. The predicted molar refractivity (Wildman–Crippen MR) is 81.1 cm³/mol. The molecule has 0 amide bonds. The summed E-state index contributed by atoms with van der Waals surface area (Å²) in [6, 6.07) is 0. The Labute approximate surface area is 121 Å². The van der Waals surface area contributed by atoms with Crippen LogP contribution in [-0.4, -0.2) is 41.4 Å². The fourth-order valence-corrected chi connectivity index (χ4v) is 1.70. The molecule has 0 saturated heterocycles. The van der Waals surface area contributed by atoms with Crippen LogP contribution in [0.5, 0.6) is 0 Å². The Morgan fingerprint density at radius 2 is 1.00 bits per heavy atom. The zero-order valence-corrected chi connectivity index (χ0v) is 15.6. The third-order valence-electron chi connectivity index (χ3n) is 3.28. The summed E-state index contributed by atoms with van der Waals surface area (Å²) < 4.78 is 23.2. The first-order valence-electron chi connectivity index (χ1n) is 7.47. The Hall–Kier alpha value is 0.0569. The Balaban J connectivity index is 4.64. The quantitative estimate of drug-likeness (QED) is 0.433. The molecule has 0 heterocycles. The summed E-state index contributed by atoms with van der Waals surface area (Å²) in [7, 11) is 0.597. The molecular formula is C14H32O4Si. The summed E-state index contributed by atoms with van der Waals surface area (Å²) in [4.78, 5) is 0. The number of ether oxygens (including phenoxy) is 3. The third-order valence-corrected chi connectivity index (χ3v) is 3.74. The zero-order chi connectivity index (χ0) is 14.8. The molecule has 0 aliphatic carbocycles. The fourth-order valence-electron chi connectivity index (χ4n) is 1.37. The SMILES string of the molecule is CCC(C)OC(O[SiH3])C(OC(C)CC)OC(C)CC. The van der Waals surface area contributed by atoms with E-state index in [-0.39, 0.29) is 18.3 Å². The summed E-state index contributed by atoms with van der Waals surface area (Å²) in [5, 5.41) is 0. The topological polar surface area (TPSA) is 36.9 Å². The summed E-state index contributed by atoms with van der Waals surface area (Å²) in [6.07, 6.45) is 2.36. The van der Waals surface area contributed by atoms with Crippen LogP contribution in [0.4, 0.5) is 0 Å². The molecule has 5 heteroatoms. The van der Waals surface area contributed by atoms with Crippen LogP contribution in [0.3, 0.4) is 0 Å². The highest BCUT2D eigenvalue weighted by Gasteiger charge is 2.28. The third kappa shape index (κ3) is 8.04. The standard InChI is InChI=1S/C14H32O4Si/c1-7-10(4)15-13(16-11(5)8-2)14(18-19)17-12(6)9-3/h10-14H,7-9H2,1-6,19H3. The molecule has 0 bridgehead atoms. The highest BCUT2D eigenvalue weighted by molar-refractivity contribution is 5.98. The van der Waals surface area contributed by atoms with E-state index in [2.05, 4.69) is 20.8 Å². The number of hydrogen-bond acceptors (Lipinski definition) is 4. The van der Waals surface area contributed by atoms with Crippen LogP contribution in [0, 0.1) is 0 Å². The van der Waals surface area contributed by atoms with Crippen LogP contribution >= 0.6 is 0 Å². The predicted octanol–water partition coefficient (Wildman–Crippen LogP) is 2.38. The summed E-state index contributed by atoms with van der Waals surface area (Å²) in [5.74, 6) is 0. The van der Waals surface area contributed by atoms with Crippen molar-refractivity contribution in [3.8, 4) is 0 Å². The molecule has 0 aromatic heterocycles. The van der Waals surface area contributed by atoms with Crippen molar-refractivity contribution < 1.29 is 18.6 Å². The average molecular weight is 292 g/mol. The first kappa shape index (κ1) is 19.1. The molecule has 0 spiro atoms. The van der Waals surface area contributed by atoms with Gasteiger partial charge in [0.25, 0.3) is 0 Å². The van der Waals surface area contributed by atoms with Crippen molar-refractivity contribution in [1.82, 2.24) is 0 Å².